The Kier molecular flexibility index (Phi) is 4.50. The van der Waals surface area contributed by atoms with Crippen molar-refractivity contribution in [3.05, 3.63) is 133 Å². The molecule has 0 aliphatic carbocycles. The molecule has 7 aromatic carbocycles. The van der Waals surface area contributed by atoms with Crippen LogP contribution in [-0.2, 0) is 0 Å². The van der Waals surface area contributed by atoms with E-state index in [-0.39, 0.29) is 0 Å². The highest BCUT2D eigenvalue weighted by Crippen LogP contribution is 2.40. The minimum Gasteiger partial charge on any atom is -0.456 e. The van der Waals surface area contributed by atoms with Gasteiger partial charge in [0.05, 0.1) is 0 Å². The molecule has 178 valence electrons. The van der Waals surface area contributed by atoms with Crippen molar-refractivity contribution in [3.63, 3.8) is 0 Å². The quantitative estimate of drug-likeness (QED) is 0.222. The number of rotatable bonds is 2. The van der Waals surface area contributed by atoms with E-state index in [2.05, 4.69) is 134 Å². The first-order valence-corrected chi connectivity index (χ1v) is 13.1. The maximum atomic E-state index is 6.22. The molecule has 0 aliphatic heterocycles. The van der Waals surface area contributed by atoms with Crippen LogP contribution in [0.4, 0.5) is 0 Å². The van der Waals surface area contributed by atoms with Gasteiger partial charge in [-0.15, -0.1) is 0 Å². The molecule has 38 heavy (non-hydrogen) atoms. The number of fused-ring (bicyclic) bond motifs is 8. The second kappa shape index (κ2) is 8.06. The molecule has 0 amide bonds. The van der Waals surface area contributed by atoms with Gasteiger partial charge in [-0.05, 0) is 85.3 Å². The number of aryl methyl sites for hydroxylation is 1. The third-order valence-electron chi connectivity index (χ3n) is 8.06. The van der Waals surface area contributed by atoms with Gasteiger partial charge < -0.3 is 4.42 Å². The Hall–Kier alpha value is -4.88. The van der Waals surface area contributed by atoms with Crippen LogP contribution >= 0.6 is 0 Å². The molecule has 0 unspecified atom stereocenters. The Morgan fingerprint density at radius 1 is 0.421 bits per heavy atom. The molecule has 8 aromatic rings. The third kappa shape index (κ3) is 3.06. The molecule has 0 spiro atoms. The average Bonchev–Trinajstić information content (AvgIpc) is 3.36. The zero-order valence-electron chi connectivity index (χ0n) is 21.0. The molecule has 1 nitrogen and oxygen atoms in total. The molecule has 1 heteroatoms. The Morgan fingerprint density at radius 3 is 1.79 bits per heavy atom. The summed E-state index contributed by atoms with van der Waals surface area (Å²) in [6, 6.07) is 45.8. The second-order valence-electron chi connectivity index (χ2n) is 10.1. The Morgan fingerprint density at radius 2 is 1.00 bits per heavy atom. The van der Waals surface area contributed by atoms with Crippen LogP contribution in [0.5, 0.6) is 0 Å². The van der Waals surface area contributed by atoms with E-state index >= 15 is 0 Å². The summed E-state index contributed by atoms with van der Waals surface area (Å²) in [7, 11) is 0. The van der Waals surface area contributed by atoms with Crippen molar-refractivity contribution in [1.82, 2.24) is 0 Å². The minimum atomic E-state index is 0.926. The monoisotopic (exact) mass is 484 g/mol. The van der Waals surface area contributed by atoms with Crippen LogP contribution in [0.3, 0.4) is 0 Å². The molecule has 0 N–H and O–H groups in total. The molecule has 0 bridgehead atoms. The maximum Gasteiger partial charge on any atom is 0.136 e. The first-order valence-electron chi connectivity index (χ1n) is 13.1. The van der Waals surface area contributed by atoms with Gasteiger partial charge in [0.15, 0.2) is 0 Å². The summed E-state index contributed by atoms with van der Waals surface area (Å²) in [5, 5.41) is 10.0. The summed E-state index contributed by atoms with van der Waals surface area (Å²) in [5.41, 5.74) is 8.14. The molecular weight excluding hydrogens is 460 g/mol. The zero-order valence-corrected chi connectivity index (χ0v) is 21.0. The van der Waals surface area contributed by atoms with E-state index in [1.807, 2.05) is 0 Å². The van der Waals surface area contributed by atoms with E-state index in [1.54, 1.807) is 0 Å². The maximum absolute atomic E-state index is 6.22. The van der Waals surface area contributed by atoms with E-state index in [4.69, 9.17) is 4.42 Å². The smallest absolute Gasteiger partial charge is 0.136 e. The molecule has 0 fully saturated rings. The first-order chi connectivity index (χ1) is 18.8. The van der Waals surface area contributed by atoms with Crippen LogP contribution in [-0.4, -0.2) is 0 Å². The molecule has 1 aromatic heterocycles. The van der Waals surface area contributed by atoms with Gasteiger partial charge in [-0.25, -0.2) is 0 Å². The summed E-state index contributed by atoms with van der Waals surface area (Å²) < 4.78 is 6.22. The van der Waals surface area contributed by atoms with Crippen molar-refractivity contribution in [3.8, 4) is 22.3 Å². The Bertz CT molecular complexity index is 2180. The van der Waals surface area contributed by atoms with E-state index in [0.29, 0.717) is 0 Å². The SMILES string of the molecule is Cc1c(-c2ccc(-c3ccc4oc5ccc6ccccc6c5c4c3)cc2)c2ccccc2c2ccccc12. The summed E-state index contributed by atoms with van der Waals surface area (Å²) >= 11 is 0. The van der Waals surface area contributed by atoms with Gasteiger partial charge in [0.2, 0.25) is 0 Å². The highest BCUT2D eigenvalue weighted by molar-refractivity contribution is 6.19. The highest BCUT2D eigenvalue weighted by atomic mass is 16.3. The molecule has 0 saturated heterocycles. The predicted molar refractivity (Wildman–Crippen MR) is 162 cm³/mol. The number of furan rings is 1. The summed E-state index contributed by atoms with van der Waals surface area (Å²) in [4.78, 5) is 0. The molecule has 0 radical (unpaired) electrons. The lowest BCUT2D eigenvalue weighted by Gasteiger charge is -2.16. The van der Waals surface area contributed by atoms with Crippen molar-refractivity contribution in [2.24, 2.45) is 0 Å². The number of hydrogen-bond donors (Lipinski definition) is 0. The zero-order chi connectivity index (χ0) is 25.2. The van der Waals surface area contributed by atoms with Crippen LogP contribution < -0.4 is 0 Å². The second-order valence-corrected chi connectivity index (χ2v) is 10.1. The third-order valence-corrected chi connectivity index (χ3v) is 8.06. The number of hydrogen-bond acceptors (Lipinski definition) is 1. The number of benzene rings is 7. The molecule has 1 heterocycles. The Labute approximate surface area is 220 Å². The fourth-order valence-electron chi connectivity index (χ4n) is 6.25. The van der Waals surface area contributed by atoms with Gasteiger partial charge in [0, 0.05) is 10.8 Å². The van der Waals surface area contributed by atoms with Gasteiger partial charge in [0.25, 0.3) is 0 Å². The molecule has 0 aliphatic rings. The van der Waals surface area contributed by atoms with Crippen LogP contribution in [0.25, 0.3) is 76.5 Å². The Balaban J connectivity index is 1.29. The van der Waals surface area contributed by atoms with Crippen molar-refractivity contribution in [2.45, 2.75) is 6.92 Å². The summed E-state index contributed by atoms with van der Waals surface area (Å²) in [6.45, 7) is 2.25. The van der Waals surface area contributed by atoms with Gasteiger partial charge in [-0.3, -0.25) is 0 Å². The van der Waals surface area contributed by atoms with Gasteiger partial charge in [-0.2, -0.15) is 0 Å². The standard InChI is InChI=1S/C37H24O/c1-23-28-9-4-5-11-30(28)31-12-6-7-13-32(31)36(23)26-16-14-24(15-17-26)27-19-20-34-33(22-27)37-29-10-3-2-8-25(29)18-21-35(37)38-34/h2-22H,1H3. The molecular formula is C37H24O. The topological polar surface area (TPSA) is 13.1 Å². The predicted octanol–water partition coefficient (Wildman–Crippen LogP) is 10.7. The normalized spacial score (nSPS) is 11.8. The fraction of sp³-hybridized carbons (Fsp3) is 0.0270. The van der Waals surface area contributed by atoms with Crippen molar-refractivity contribution < 1.29 is 4.42 Å². The fourth-order valence-corrected chi connectivity index (χ4v) is 6.25. The first kappa shape index (κ1) is 21.2. The lowest BCUT2D eigenvalue weighted by Crippen LogP contribution is -1.90. The van der Waals surface area contributed by atoms with Crippen LogP contribution in [0.2, 0.25) is 0 Å². The van der Waals surface area contributed by atoms with Crippen LogP contribution in [0.15, 0.2) is 132 Å². The van der Waals surface area contributed by atoms with Crippen molar-refractivity contribution in [1.29, 1.82) is 0 Å². The lowest BCUT2D eigenvalue weighted by atomic mass is 9.88. The summed E-state index contributed by atoms with van der Waals surface area (Å²) in [6.07, 6.45) is 0. The summed E-state index contributed by atoms with van der Waals surface area (Å²) in [5.74, 6) is 0. The van der Waals surface area contributed by atoms with Crippen LogP contribution in [0, 0.1) is 6.92 Å². The minimum absolute atomic E-state index is 0.926. The lowest BCUT2D eigenvalue weighted by molar-refractivity contribution is 0.669. The largest absolute Gasteiger partial charge is 0.456 e. The van der Waals surface area contributed by atoms with E-state index < -0.39 is 0 Å². The molecule has 0 atom stereocenters. The van der Waals surface area contributed by atoms with E-state index in [0.717, 1.165) is 16.6 Å². The van der Waals surface area contributed by atoms with Gasteiger partial charge in [0.1, 0.15) is 11.2 Å². The molecule has 8 rings (SSSR count). The van der Waals surface area contributed by atoms with E-state index in [9.17, 15) is 0 Å². The van der Waals surface area contributed by atoms with Crippen molar-refractivity contribution in [2.75, 3.05) is 0 Å². The van der Waals surface area contributed by atoms with Gasteiger partial charge >= 0.3 is 0 Å². The highest BCUT2D eigenvalue weighted by Gasteiger charge is 2.14. The van der Waals surface area contributed by atoms with Crippen LogP contribution in [0.1, 0.15) is 5.56 Å². The molecule has 0 saturated carbocycles. The van der Waals surface area contributed by atoms with Crippen molar-refractivity contribution >= 4 is 54.3 Å². The average molecular weight is 485 g/mol. The van der Waals surface area contributed by atoms with Gasteiger partial charge in [-0.1, -0.05) is 109 Å². The van der Waals surface area contributed by atoms with E-state index in [1.165, 1.54) is 65.5 Å².